The highest BCUT2D eigenvalue weighted by atomic mass is 16.6. The lowest BCUT2D eigenvalue weighted by atomic mass is 9.66. The zero-order valence-corrected chi connectivity index (χ0v) is 12.6. The Balaban J connectivity index is 1.77. The highest BCUT2D eigenvalue weighted by Crippen LogP contribution is 2.62. The van der Waals surface area contributed by atoms with Crippen molar-refractivity contribution in [3.05, 3.63) is 23.3 Å². The highest BCUT2D eigenvalue weighted by molar-refractivity contribution is 5.60. The van der Waals surface area contributed by atoms with Gasteiger partial charge in [0.05, 0.1) is 24.7 Å². The summed E-state index contributed by atoms with van der Waals surface area (Å²) in [6, 6.07) is 4.28. The van der Waals surface area contributed by atoms with Crippen molar-refractivity contribution in [2.24, 2.45) is 0 Å². The fourth-order valence-electron chi connectivity index (χ4n) is 4.88. The summed E-state index contributed by atoms with van der Waals surface area (Å²) in [5.41, 5.74) is 2.85. The Morgan fingerprint density at radius 3 is 3.10 bits per heavy atom. The second-order valence-corrected chi connectivity index (χ2v) is 6.94. The van der Waals surface area contributed by atoms with Crippen molar-refractivity contribution in [2.45, 2.75) is 49.5 Å². The molecule has 0 radical (unpaired) electrons. The molecular weight excluding hydrogens is 266 g/mol. The van der Waals surface area contributed by atoms with E-state index in [1.807, 2.05) is 0 Å². The maximum absolute atomic E-state index is 6.41. The lowest BCUT2D eigenvalue weighted by molar-refractivity contribution is 0.0929. The molecule has 0 unspecified atom stereocenters. The molecule has 2 fully saturated rings. The van der Waals surface area contributed by atoms with Crippen LogP contribution in [0.3, 0.4) is 0 Å². The third kappa shape index (κ3) is 1.42. The van der Waals surface area contributed by atoms with Crippen LogP contribution in [0.4, 0.5) is 0 Å². The van der Waals surface area contributed by atoms with Crippen molar-refractivity contribution in [3.8, 4) is 11.5 Å². The number of methoxy groups -OCH3 is 1. The second-order valence-electron chi connectivity index (χ2n) is 6.94. The third-order valence-corrected chi connectivity index (χ3v) is 5.88. The van der Waals surface area contributed by atoms with E-state index in [2.05, 4.69) is 24.1 Å². The fourth-order valence-corrected chi connectivity index (χ4v) is 4.88. The molecule has 112 valence electrons. The summed E-state index contributed by atoms with van der Waals surface area (Å²) in [5, 5.41) is 0. The number of hydrogen-bond acceptors (Lipinski definition) is 4. The molecule has 1 spiro atoms. The number of benzene rings is 1. The van der Waals surface area contributed by atoms with Crippen LogP contribution < -0.4 is 9.47 Å². The summed E-state index contributed by atoms with van der Waals surface area (Å²) in [6.45, 7) is 2.09. The molecule has 1 aromatic rings. The van der Waals surface area contributed by atoms with Gasteiger partial charge >= 0.3 is 0 Å². The normalized spacial score (nSPS) is 39.6. The van der Waals surface area contributed by atoms with Crippen molar-refractivity contribution in [1.82, 2.24) is 4.90 Å². The summed E-state index contributed by atoms with van der Waals surface area (Å²) in [6.07, 6.45) is 4.44. The number of nitrogens with zero attached hydrogens (tertiary/aromatic N) is 1. The Morgan fingerprint density at radius 2 is 2.24 bits per heavy atom. The van der Waals surface area contributed by atoms with Gasteiger partial charge in [0.15, 0.2) is 11.5 Å². The largest absolute Gasteiger partial charge is 0.493 e. The van der Waals surface area contributed by atoms with Gasteiger partial charge in [0.2, 0.25) is 0 Å². The monoisotopic (exact) mass is 287 g/mol. The minimum atomic E-state index is 0.0624. The maximum atomic E-state index is 6.41. The van der Waals surface area contributed by atoms with Crippen LogP contribution in [0, 0.1) is 0 Å². The van der Waals surface area contributed by atoms with Gasteiger partial charge in [-0.25, -0.2) is 0 Å². The Hall–Kier alpha value is -1.26. The van der Waals surface area contributed by atoms with E-state index in [9.17, 15) is 0 Å². The van der Waals surface area contributed by atoms with Gasteiger partial charge in [0, 0.05) is 12.1 Å². The zero-order chi connectivity index (χ0) is 14.2. The molecule has 1 saturated carbocycles. The SMILES string of the molecule is COc1ccc2c3c1O[C@H]1CC[C@H]4O[C@H]4[C@@]31CCN(C)C2. The minimum Gasteiger partial charge on any atom is -0.493 e. The van der Waals surface area contributed by atoms with Crippen LogP contribution in [-0.4, -0.2) is 43.9 Å². The number of epoxide rings is 1. The van der Waals surface area contributed by atoms with Crippen molar-refractivity contribution < 1.29 is 14.2 Å². The first-order valence-electron chi connectivity index (χ1n) is 7.95. The number of fused-ring (bicyclic) bond motifs is 1. The predicted molar refractivity (Wildman–Crippen MR) is 77.9 cm³/mol. The van der Waals surface area contributed by atoms with Crippen molar-refractivity contribution in [1.29, 1.82) is 0 Å². The first kappa shape index (κ1) is 12.3. The van der Waals surface area contributed by atoms with Crippen molar-refractivity contribution in [2.75, 3.05) is 20.7 Å². The Kier molecular flexibility index (Phi) is 2.30. The van der Waals surface area contributed by atoms with Crippen LogP contribution in [0.5, 0.6) is 11.5 Å². The second kappa shape index (κ2) is 3.93. The molecule has 21 heavy (non-hydrogen) atoms. The molecule has 0 amide bonds. The molecule has 4 atom stereocenters. The topological polar surface area (TPSA) is 34.2 Å². The summed E-state index contributed by atoms with van der Waals surface area (Å²) in [4.78, 5) is 2.41. The van der Waals surface area contributed by atoms with E-state index in [0.29, 0.717) is 12.2 Å². The summed E-state index contributed by atoms with van der Waals surface area (Å²) < 4.78 is 18.0. The summed E-state index contributed by atoms with van der Waals surface area (Å²) in [7, 11) is 3.94. The molecule has 0 N–H and O–H groups in total. The van der Waals surface area contributed by atoms with Crippen LogP contribution in [-0.2, 0) is 16.7 Å². The fraction of sp³-hybridized carbons (Fsp3) is 0.647. The van der Waals surface area contributed by atoms with Crippen LogP contribution in [0.2, 0.25) is 0 Å². The summed E-state index contributed by atoms with van der Waals surface area (Å²) >= 11 is 0. The van der Waals surface area contributed by atoms with Gasteiger partial charge in [0.1, 0.15) is 6.10 Å². The molecule has 1 saturated heterocycles. The van der Waals surface area contributed by atoms with Crippen LogP contribution in [0.1, 0.15) is 30.4 Å². The highest BCUT2D eigenvalue weighted by Gasteiger charge is 2.67. The molecule has 4 nitrogen and oxygen atoms in total. The molecule has 4 aliphatic rings. The van der Waals surface area contributed by atoms with E-state index < -0.39 is 0 Å². The van der Waals surface area contributed by atoms with Crippen LogP contribution in [0.15, 0.2) is 12.1 Å². The smallest absolute Gasteiger partial charge is 0.165 e. The average Bonchev–Trinajstić information content (AvgIpc) is 3.22. The Bertz CT molecular complexity index is 616. The standard InChI is InChI=1S/C17H21NO3/c1-18-8-7-17-13(6-5-12-16(17)20-12)21-15-11(19-2)4-3-10(9-18)14(15)17/h3-4,12-13,16H,5-9H2,1-2H3/t12-,13+,16-,17-/m1/s1. The molecular formula is C17H21NO3. The number of rotatable bonds is 1. The molecule has 0 aromatic heterocycles. The van der Waals surface area contributed by atoms with Crippen LogP contribution in [0.25, 0.3) is 0 Å². The molecule has 1 aliphatic carbocycles. The third-order valence-electron chi connectivity index (χ3n) is 5.88. The quantitative estimate of drug-likeness (QED) is 0.741. The van der Waals surface area contributed by atoms with Crippen molar-refractivity contribution >= 4 is 0 Å². The van der Waals surface area contributed by atoms with Gasteiger partial charge < -0.3 is 19.1 Å². The number of hydrogen-bond donors (Lipinski definition) is 0. The van der Waals surface area contributed by atoms with E-state index in [1.165, 1.54) is 11.1 Å². The van der Waals surface area contributed by atoms with Crippen LogP contribution >= 0.6 is 0 Å². The minimum absolute atomic E-state index is 0.0624. The predicted octanol–water partition coefficient (Wildman–Crippen LogP) is 2.09. The molecule has 3 aliphatic heterocycles. The van der Waals surface area contributed by atoms with E-state index in [1.54, 1.807) is 7.11 Å². The zero-order valence-electron chi connectivity index (χ0n) is 12.6. The lowest BCUT2D eigenvalue weighted by Gasteiger charge is -2.35. The Labute approximate surface area is 125 Å². The van der Waals surface area contributed by atoms with E-state index in [-0.39, 0.29) is 11.5 Å². The molecule has 0 bridgehead atoms. The van der Waals surface area contributed by atoms with Crippen molar-refractivity contribution in [3.63, 3.8) is 0 Å². The van der Waals surface area contributed by atoms with E-state index in [4.69, 9.17) is 14.2 Å². The number of ether oxygens (including phenoxy) is 3. The van der Waals surface area contributed by atoms with Gasteiger partial charge in [-0.05, 0) is 44.5 Å². The Morgan fingerprint density at radius 1 is 1.33 bits per heavy atom. The van der Waals surface area contributed by atoms with E-state index >= 15 is 0 Å². The lowest BCUT2D eigenvalue weighted by Crippen LogP contribution is -2.47. The molecule has 4 heteroatoms. The first-order chi connectivity index (χ1) is 10.2. The summed E-state index contributed by atoms with van der Waals surface area (Å²) in [5.74, 6) is 1.87. The average molecular weight is 287 g/mol. The van der Waals surface area contributed by atoms with Gasteiger partial charge in [-0.2, -0.15) is 0 Å². The maximum Gasteiger partial charge on any atom is 0.165 e. The first-order valence-corrected chi connectivity index (χ1v) is 7.95. The van der Waals surface area contributed by atoms with Gasteiger partial charge in [-0.1, -0.05) is 6.07 Å². The van der Waals surface area contributed by atoms with Gasteiger partial charge in [-0.3, -0.25) is 0 Å². The van der Waals surface area contributed by atoms with Gasteiger partial charge in [-0.15, -0.1) is 0 Å². The van der Waals surface area contributed by atoms with Gasteiger partial charge in [0.25, 0.3) is 0 Å². The molecule has 5 rings (SSSR count). The van der Waals surface area contributed by atoms with E-state index in [0.717, 1.165) is 43.9 Å². The molecule has 1 aromatic carbocycles. The molecule has 3 heterocycles.